The number of imide groups is 1. The number of allylic oxidation sites excluding steroid dienone is 1. The number of likely N-dealkylation sites (tertiary alicyclic amines) is 1. The predicted molar refractivity (Wildman–Crippen MR) is 108 cm³/mol. The summed E-state index contributed by atoms with van der Waals surface area (Å²) in [5.74, 6) is 1.26. The lowest BCUT2D eigenvalue weighted by molar-refractivity contribution is -0.555. The van der Waals surface area contributed by atoms with Crippen LogP contribution in [-0.4, -0.2) is 46.6 Å². The van der Waals surface area contributed by atoms with Gasteiger partial charge in [0.15, 0.2) is 0 Å². The van der Waals surface area contributed by atoms with Crippen LogP contribution in [0.3, 0.4) is 0 Å². The van der Waals surface area contributed by atoms with E-state index in [1.165, 1.54) is 11.1 Å². The first-order valence-corrected chi connectivity index (χ1v) is 9.25. The van der Waals surface area contributed by atoms with Gasteiger partial charge >= 0.3 is 6.03 Å². The molecule has 29 heavy (non-hydrogen) atoms. The number of urea groups is 1. The molecule has 2 aromatic rings. The van der Waals surface area contributed by atoms with Gasteiger partial charge in [0.25, 0.3) is 0 Å². The summed E-state index contributed by atoms with van der Waals surface area (Å²) in [5.41, 5.74) is 1.88. The molecule has 0 atom stereocenters. The molecule has 3 heterocycles. The van der Waals surface area contributed by atoms with Gasteiger partial charge in [-0.3, -0.25) is 20.0 Å². The fourth-order valence-corrected chi connectivity index (χ4v) is 2.91. The summed E-state index contributed by atoms with van der Waals surface area (Å²) in [6, 6.07) is 6.32. The Morgan fingerprint density at radius 1 is 1.38 bits per heavy atom. The zero-order chi connectivity index (χ0) is 20.8. The lowest BCUT2D eigenvalue weighted by Crippen LogP contribution is -2.72. The molecule has 4 N–H and O–H groups in total. The van der Waals surface area contributed by atoms with Crippen LogP contribution in [0.25, 0.3) is 5.57 Å². The highest BCUT2D eigenvalue weighted by Gasteiger charge is 2.26. The van der Waals surface area contributed by atoms with E-state index in [0.29, 0.717) is 53.7 Å². The Labute approximate surface area is 168 Å². The maximum atomic E-state index is 12.2. The van der Waals surface area contributed by atoms with E-state index in [9.17, 15) is 9.59 Å². The number of nitrogens with zero attached hydrogens (tertiary/aromatic N) is 3. The van der Waals surface area contributed by atoms with Crippen LogP contribution in [0.2, 0.25) is 0 Å². The number of rotatable bonds is 6. The lowest BCUT2D eigenvalue weighted by Gasteiger charge is -2.15. The van der Waals surface area contributed by atoms with Crippen LogP contribution >= 0.6 is 0 Å². The van der Waals surface area contributed by atoms with E-state index >= 15 is 0 Å². The van der Waals surface area contributed by atoms with E-state index in [2.05, 4.69) is 15.3 Å². The van der Waals surface area contributed by atoms with E-state index in [1.54, 1.807) is 43.6 Å². The molecule has 0 aromatic carbocycles. The Kier molecular flexibility index (Phi) is 6.30. The number of pyridine rings is 2. The third kappa shape index (κ3) is 4.82. The van der Waals surface area contributed by atoms with Crippen LogP contribution < -0.4 is 15.4 Å². The molecule has 2 aromatic heterocycles. The van der Waals surface area contributed by atoms with Gasteiger partial charge in [0.2, 0.25) is 5.91 Å². The van der Waals surface area contributed by atoms with Crippen LogP contribution in [0.15, 0.2) is 36.7 Å². The summed E-state index contributed by atoms with van der Waals surface area (Å²) in [7, 11) is 1.87. The summed E-state index contributed by atoms with van der Waals surface area (Å²) >= 11 is 0. The minimum absolute atomic E-state index is 0.174. The molecule has 0 saturated carbocycles. The first-order chi connectivity index (χ1) is 14.0. The highest BCUT2D eigenvalue weighted by molar-refractivity contribution is 6.07. The Morgan fingerprint density at radius 3 is 2.86 bits per heavy atom. The van der Waals surface area contributed by atoms with Gasteiger partial charge in [0.1, 0.15) is 23.5 Å². The van der Waals surface area contributed by atoms with Crippen molar-refractivity contribution >= 4 is 29.5 Å². The van der Waals surface area contributed by atoms with Gasteiger partial charge in [-0.2, -0.15) is 0 Å². The van der Waals surface area contributed by atoms with Crippen molar-refractivity contribution < 1.29 is 19.6 Å². The SMILES string of the molecule is C[NH2+]C=C(C=N)c1cc(Oc2ccc(NC(=O)N3CCCC3=O)nc2C)ccn1. The van der Waals surface area contributed by atoms with Crippen molar-refractivity contribution in [1.29, 1.82) is 5.41 Å². The average Bonchev–Trinajstić information content (AvgIpc) is 3.14. The van der Waals surface area contributed by atoms with Crippen molar-refractivity contribution in [2.45, 2.75) is 19.8 Å². The molecule has 1 aliphatic heterocycles. The molecule has 0 aliphatic carbocycles. The molecule has 0 radical (unpaired) electrons. The molecule has 3 rings (SSSR count). The highest BCUT2D eigenvalue weighted by atomic mass is 16.5. The van der Waals surface area contributed by atoms with E-state index in [-0.39, 0.29) is 5.91 Å². The molecular formula is C20H23N6O3+. The molecule has 1 saturated heterocycles. The fourth-order valence-electron chi connectivity index (χ4n) is 2.91. The number of ether oxygens (including phenoxy) is 1. The zero-order valence-corrected chi connectivity index (χ0v) is 16.3. The number of aryl methyl sites for hydroxylation is 1. The summed E-state index contributed by atoms with van der Waals surface area (Å²) in [6.07, 6.45) is 5.73. The molecular weight excluding hydrogens is 372 g/mol. The first kappa shape index (κ1) is 20.2. The first-order valence-electron chi connectivity index (χ1n) is 9.25. The third-order valence-electron chi connectivity index (χ3n) is 4.35. The van der Waals surface area contributed by atoms with Gasteiger partial charge in [-0.25, -0.2) is 9.78 Å². The molecule has 1 fully saturated rings. The molecule has 0 bridgehead atoms. The van der Waals surface area contributed by atoms with E-state index < -0.39 is 6.03 Å². The topological polar surface area (TPSA) is 125 Å². The van der Waals surface area contributed by atoms with E-state index in [4.69, 9.17) is 10.1 Å². The fraction of sp³-hybridized carbons (Fsp3) is 0.250. The number of nitrogens with one attached hydrogen (secondary N) is 2. The van der Waals surface area contributed by atoms with Crippen molar-refractivity contribution in [1.82, 2.24) is 14.9 Å². The number of carbonyl (C=O) groups is 2. The Bertz CT molecular complexity index is 972. The molecule has 3 amide bonds. The normalized spacial score (nSPS) is 14.1. The average molecular weight is 395 g/mol. The monoisotopic (exact) mass is 395 g/mol. The lowest BCUT2D eigenvalue weighted by atomic mass is 10.2. The van der Waals surface area contributed by atoms with Gasteiger partial charge in [-0.15, -0.1) is 0 Å². The van der Waals surface area contributed by atoms with Crippen LogP contribution in [-0.2, 0) is 4.79 Å². The maximum Gasteiger partial charge on any atom is 0.329 e. The van der Waals surface area contributed by atoms with Crippen molar-refractivity contribution in [3.63, 3.8) is 0 Å². The maximum absolute atomic E-state index is 12.2. The molecule has 1 aliphatic rings. The number of carbonyl (C=O) groups excluding carboxylic acids is 2. The Hall–Kier alpha value is -3.59. The van der Waals surface area contributed by atoms with Gasteiger partial charge in [-0.1, -0.05) is 0 Å². The number of amides is 3. The summed E-state index contributed by atoms with van der Waals surface area (Å²) in [4.78, 5) is 33.7. The minimum Gasteiger partial charge on any atom is -0.455 e. The third-order valence-corrected chi connectivity index (χ3v) is 4.35. The van der Waals surface area contributed by atoms with Gasteiger partial charge < -0.3 is 15.5 Å². The predicted octanol–water partition coefficient (Wildman–Crippen LogP) is 1.92. The summed E-state index contributed by atoms with van der Waals surface area (Å²) < 4.78 is 5.91. The van der Waals surface area contributed by atoms with Crippen molar-refractivity contribution in [3.05, 3.63) is 48.1 Å². The summed E-state index contributed by atoms with van der Waals surface area (Å²) in [5, 5.41) is 12.0. The van der Waals surface area contributed by atoms with Crippen molar-refractivity contribution in [2.24, 2.45) is 0 Å². The molecule has 0 unspecified atom stereocenters. The molecule has 150 valence electrons. The zero-order valence-electron chi connectivity index (χ0n) is 16.3. The second-order valence-corrected chi connectivity index (χ2v) is 6.44. The van der Waals surface area contributed by atoms with Gasteiger partial charge in [0.05, 0.1) is 24.0 Å². The minimum atomic E-state index is -0.467. The molecule has 0 spiro atoms. The number of nitrogens with two attached hydrogens (primary N) is 1. The number of anilines is 1. The van der Waals surface area contributed by atoms with Gasteiger partial charge in [-0.05, 0) is 31.5 Å². The Morgan fingerprint density at radius 2 is 2.21 bits per heavy atom. The second-order valence-electron chi connectivity index (χ2n) is 6.44. The van der Waals surface area contributed by atoms with Crippen LogP contribution in [0.4, 0.5) is 10.6 Å². The van der Waals surface area contributed by atoms with Crippen LogP contribution in [0, 0.1) is 12.3 Å². The molecule has 9 heteroatoms. The quantitative estimate of drug-likeness (QED) is 0.645. The number of quaternary nitrogens is 1. The smallest absolute Gasteiger partial charge is 0.329 e. The van der Waals surface area contributed by atoms with Crippen LogP contribution in [0.1, 0.15) is 24.2 Å². The number of aromatic nitrogens is 2. The van der Waals surface area contributed by atoms with E-state index in [0.717, 1.165) is 0 Å². The van der Waals surface area contributed by atoms with Crippen molar-refractivity contribution in [3.8, 4) is 11.5 Å². The molecule has 9 nitrogen and oxygen atoms in total. The largest absolute Gasteiger partial charge is 0.455 e. The number of hydrogen-bond acceptors (Lipinski definition) is 6. The van der Waals surface area contributed by atoms with Gasteiger partial charge in [0, 0.05) is 31.4 Å². The number of hydrogen-bond donors (Lipinski definition) is 3. The van der Waals surface area contributed by atoms with Crippen LogP contribution in [0.5, 0.6) is 11.5 Å². The van der Waals surface area contributed by atoms with E-state index in [1.807, 2.05) is 12.4 Å². The highest BCUT2D eigenvalue weighted by Crippen LogP contribution is 2.26. The van der Waals surface area contributed by atoms with Crippen molar-refractivity contribution in [2.75, 3.05) is 18.9 Å². The standard InChI is InChI=1S/C20H22N6O3/c1-13-17(29-15-7-8-23-16(10-15)14(11-21)12-22-2)5-6-18(24-13)25-20(28)26-9-3-4-19(26)27/h5-8,10-12,21-22H,3-4,9H2,1-2H3,(H,24,25,28)/p+1. The Balaban J connectivity index is 1.73. The second kappa shape index (κ2) is 9.07. The summed E-state index contributed by atoms with van der Waals surface area (Å²) in [6.45, 7) is 2.19.